The Morgan fingerprint density at radius 3 is 2.06 bits per heavy atom. The average Bonchev–Trinajstić information content (AvgIpc) is 2.77. The van der Waals surface area contributed by atoms with Gasteiger partial charge < -0.3 is 21.1 Å². The number of hydrogen-bond donors (Lipinski definition) is 4. The number of rotatable bonds is 11. The van der Waals surface area contributed by atoms with Gasteiger partial charge in [0.1, 0.15) is 17.9 Å². The van der Waals surface area contributed by atoms with Crippen molar-refractivity contribution >= 4 is 23.7 Å². The molecular weight excluding hydrogens is 453 g/mol. The van der Waals surface area contributed by atoms with Crippen LogP contribution in [0.25, 0.3) is 0 Å². The second kappa shape index (κ2) is 12.6. The molecule has 2 atom stereocenters. The molecule has 0 aromatic heterocycles. The summed E-state index contributed by atoms with van der Waals surface area (Å²) in [5, 5.41) is 17.3. The van der Waals surface area contributed by atoms with Crippen molar-refractivity contribution in [2.24, 2.45) is 0 Å². The summed E-state index contributed by atoms with van der Waals surface area (Å²) in [7, 11) is 0. The van der Waals surface area contributed by atoms with Gasteiger partial charge in [0.05, 0.1) is 6.42 Å². The van der Waals surface area contributed by atoms with Crippen molar-refractivity contribution in [3.63, 3.8) is 0 Å². The van der Waals surface area contributed by atoms with Crippen LogP contribution in [0.1, 0.15) is 44.7 Å². The van der Waals surface area contributed by atoms with Crippen LogP contribution < -0.4 is 16.0 Å². The van der Waals surface area contributed by atoms with Gasteiger partial charge in [0, 0.05) is 18.4 Å². The lowest BCUT2D eigenvalue weighted by molar-refractivity contribution is -0.142. The monoisotopic (exact) mass is 485 g/mol. The van der Waals surface area contributed by atoms with E-state index in [-0.39, 0.29) is 19.3 Å². The Balaban J connectivity index is 2.10. The molecule has 0 bridgehead atoms. The van der Waals surface area contributed by atoms with Crippen LogP contribution in [0.15, 0.2) is 54.6 Å². The lowest BCUT2D eigenvalue weighted by atomic mass is 10.0. The van der Waals surface area contributed by atoms with E-state index < -0.39 is 47.1 Å². The lowest BCUT2D eigenvalue weighted by Crippen LogP contribution is -2.54. The molecule has 0 aliphatic carbocycles. The molecule has 0 saturated carbocycles. The number of halogens is 1. The fraction of sp³-hybridized carbons (Fsp3) is 0.385. The fourth-order valence-corrected chi connectivity index (χ4v) is 3.36. The molecule has 0 heterocycles. The van der Waals surface area contributed by atoms with Gasteiger partial charge in [-0.25, -0.2) is 9.18 Å². The molecule has 188 valence electrons. The zero-order valence-electron chi connectivity index (χ0n) is 20.1. The van der Waals surface area contributed by atoms with Crippen molar-refractivity contribution in [1.29, 1.82) is 0 Å². The van der Waals surface area contributed by atoms with E-state index in [1.165, 1.54) is 24.3 Å². The van der Waals surface area contributed by atoms with Crippen molar-refractivity contribution in [3.8, 4) is 0 Å². The summed E-state index contributed by atoms with van der Waals surface area (Å²) in [6, 6.07) is 12.0. The number of nitrogens with one attached hydrogen (secondary N) is 3. The zero-order valence-corrected chi connectivity index (χ0v) is 20.1. The van der Waals surface area contributed by atoms with E-state index in [1.54, 1.807) is 20.8 Å². The molecule has 0 fully saturated rings. The third-order valence-electron chi connectivity index (χ3n) is 5.01. The molecule has 0 aliphatic heterocycles. The lowest BCUT2D eigenvalue weighted by Gasteiger charge is -2.24. The summed E-state index contributed by atoms with van der Waals surface area (Å²) in [6.45, 7) is 5.34. The molecule has 0 aliphatic rings. The van der Waals surface area contributed by atoms with Gasteiger partial charge in [-0.3, -0.25) is 14.4 Å². The Morgan fingerprint density at radius 2 is 1.49 bits per heavy atom. The first-order valence-corrected chi connectivity index (χ1v) is 11.3. The van der Waals surface area contributed by atoms with E-state index in [9.17, 15) is 28.7 Å². The minimum atomic E-state index is -1.33. The summed E-state index contributed by atoms with van der Waals surface area (Å²) in [4.78, 5) is 49.8. The highest BCUT2D eigenvalue weighted by molar-refractivity contribution is 5.94. The Morgan fingerprint density at radius 1 is 0.857 bits per heavy atom. The highest BCUT2D eigenvalue weighted by Gasteiger charge is 2.29. The van der Waals surface area contributed by atoms with Crippen LogP contribution >= 0.6 is 0 Å². The maximum absolute atomic E-state index is 13.2. The first-order chi connectivity index (χ1) is 16.4. The second-order valence-electron chi connectivity index (χ2n) is 9.34. The molecule has 8 nitrogen and oxygen atoms in total. The van der Waals surface area contributed by atoms with Gasteiger partial charge in [0.25, 0.3) is 0 Å². The normalized spacial score (nSPS) is 12.8. The molecule has 2 rings (SSSR count). The summed E-state index contributed by atoms with van der Waals surface area (Å²) in [5.41, 5.74) is 0.897. The van der Waals surface area contributed by atoms with Crippen LogP contribution in [0.5, 0.6) is 0 Å². The van der Waals surface area contributed by atoms with Crippen LogP contribution in [-0.4, -0.2) is 46.4 Å². The average molecular weight is 486 g/mol. The first kappa shape index (κ1) is 27.5. The molecule has 2 aromatic carbocycles. The molecular formula is C26H32FN3O5. The molecule has 35 heavy (non-hydrogen) atoms. The van der Waals surface area contributed by atoms with Crippen LogP contribution in [0.3, 0.4) is 0 Å². The molecule has 3 amide bonds. The number of carbonyl (C=O) groups excluding carboxylic acids is 3. The maximum atomic E-state index is 13.2. The SMILES string of the molecule is CC(C)(C)NC(=O)C[C@H](NC(=O)CCc1ccccc1)C(=O)N[C@@H](Cc1ccc(F)cc1)C(=O)O. The van der Waals surface area contributed by atoms with Crippen molar-refractivity contribution < 1.29 is 28.7 Å². The van der Waals surface area contributed by atoms with Crippen molar-refractivity contribution in [2.75, 3.05) is 0 Å². The Bertz CT molecular complexity index is 1020. The number of carboxylic acids is 1. The second-order valence-corrected chi connectivity index (χ2v) is 9.34. The Labute approximate surface area is 204 Å². The minimum Gasteiger partial charge on any atom is -0.480 e. The number of aliphatic carboxylic acids is 1. The topological polar surface area (TPSA) is 125 Å². The van der Waals surface area contributed by atoms with Crippen molar-refractivity contribution in [2.45, 2.75) is 64.1 Å². The molecule has 0 unspecified atom stereocenters. The van der Waals surface area contributed by atoms with E-state index in [4.69, 9.17) is 0 Å². The molecule has 0 spiro atoms. The summed E-state index contributed by atoms with van der Waals surface area (Å²) in [5.74, 6) is -3.46. The third-order valence-corrected chi connectivity index (χ3v) is 5.01. The maximum Gasteiger partial charge on any atom is 0.326 e. The van der Waals surface area contributed by atoms with Crippen LogP contribution in [0.4, 0.5) is 4.39 Å². The molecule has 9 heteroatoms. The minimum absolute atomic E-state index is 0.0899. The van der Waals surface area contributed by atoms with E-state index in [0.29, 0.717) is 12.0 Å². The predicted octanol–water partition coefficient (Wildman–Crippen LogP) is 2.36. The van der Waals surface area contributed by atoms with Gasteiger partial charge in [0.15, 0.2) is 0 Å². The Hall–Kier alpha value is -3.75. The van der Waals surface area contributed by atoms with Crippen LogP contribution in [0, 0.1) is 5.82 Å². The van der Waals surface area contributed by atoms with Gasteiger partial charge in [0.2, 0.25) is 17.7 Å². The van der Waals surface area contributed by atoms with Crippen molar-refractivity contribution in [3.05, 3.63) is 71.5 Å². The highest BCUT2D eigenvalue weighted by atomic mass is 19.1. The van der Waals surface area contributed by atoms with Gasteiger partial charge in [-0.15, -0.1) is 0 Å². The van der Waals surface area contributed by atoms with Gasteiger partial charge >= 0.3 is 5.97 Å². The first-order valence-electron chi connectivity index (χ1n) is 11.3. The molecule has 2 aromatic rings. The number of carboxylic acid groups (broad SMARTS) is 1. The van der Waals surface area contributed by atoms with E-state index in [1.807, 2.05) is 30.3 Å². The molecule has 4 N–H and O–H groups in total. The largest absolute Gasteiger partial charge is 0.480 e. The molecule has 0 saturated heterocycles. The quantitative estimate of drug-likeness (QED) is 0.389. The standard InChI is InChI=1S/C26H32FN3O5/c1-26(2,3)30-23(32)16-20(28-22(31)14-11-17-7-5-4-6-8-17)24(33)29-21(25(34)35)15-18-9-12-19(27)13-10-18/h4-10,12-13,20-21H,11,14-16H2,1-3H3,(H,28,31)(H,29,33)(H,30,32)(H,34,35)/t20-,21-/m0/s1. The number of benzene rings is 2. The summed E-state index contributed by atoms with van der Waals surface area (Å²) in [6.07, 6.45) is 0.0808. The number of hydrogen-bond acceptors (Lipinski definition) is 4. The van der Waals surface area contributed by atoms with E-state index in [0.717, 1.165) is 5.56 Å². The number of amides is 3. The van der Waals surface area contributed by atoms with Gasteiger partial charge in [-0.1, -0.05) is 42.5 Å². The highest BCUT2D eigenvalue weighted by Crippen LogP contribution is 2.08. The number of carbonyl (C=O) groups is 4. The van der Waals surface area contributed by atoms with Crippen molar-refractivity contribution in [1.82, 2.24) is 16.0 Å². The molecule has 0 radical (unpaired) electrons. The predicted molar refractivity (Wildman–Crippen MR) is 129 cm³/mol. The van der Waals surface area contributed by atoms with Gasteiger partial charge in [-0.2, -0.15) is 0 Å². The Kier molecular flexibility index (Phi) is 9.93. The van der Waals surface area contributed by atoms with Crippen LogP contribution in [0.2, 0.25) is 0 Å². The summed E-state index contributed by atoms with van der Waals surface area (Å²) >= 11 is 0. The van der Waals surface area contributed by atoms with Crippen LogP contribution in [-0.2, 0) is 32.0 Å². The fourth-order valence-electron chi connectivity index (χ4n) is 3.36. The summed E-state index contributed by atoms with van der Waals surface area (Å²) < 4.78 is 13.2. The number of aryl methyl sites for hydroxylation is 1. The zero-order chi connectivity index (χ0) is 26.0. The smallest absolute Gasteiger partial charge is 0.326 e. The van der Waals surface area contributed by atoms with E-state index >= 15 is 0 Å². The third kappa shape index (κ3) is 10.4. The van der Waals surface area contributed by atoms with E-state index in [2.05, 4.69) is 16.0 Å². The van der Waals surface area contributed by atoms with Gasteiger partial charge in [-0.05, 0) is 50.5 Å².